The Hall–Kier alpha value is -2.17. The van der Waals surface area contributed by atoms with Gasteiger partial charge < -0.3 is 4.90 Å². The smallest absolute Gasteiger partial charge is 0.323 e. The quantitative estimate of drug-likeness (QED) is 0.753. The molecule has 0 saturated carbocycles. The van der Waals surface area contributed by atoms with Crippen LogP contribution in [0.2, 0.25) is 0 Å². The fourth-order valence-electron chi connectivity index (χ4n) is 1.85. The van der Waals surface area contributed by atoms with E-state index in [2.05, 4.69) is 5.10 Å². The first-order chi connectivity index (χ1) is 8.69. The lowest BCUT2D eigenvalue weighted by atomic mass is 10.3. The highest BCUT2D eigenvalue weighted by atomic mass is 16.2. The summed E-state index contributed by atoms with van der Waals surface area (Å²) in [5.41, 5.74) is 0.609. The molecule has 0 aliphatic carbocycles. The van der Waals surface area contributed by atoms with Crippen LogP contribution in [0.3, 0.4) is 0 Å². The molecule has 1 heterocycles. The maximum atomic E-state index is 11.9. The zero-order chi connectivity index (χ0) is 13.1. The molecule has 1 aromatic carbocycles. The second-order valence-electron chi connectivity index (χ2n) is 3.88. The monoisotopic (exact) mass is 245 g/mol. The lowest BCUT2D eigenvalue weighted by Crippen LogP contribution is -2.37. The van der Waals surface area contributed by atoms with Gasteiger partial charge in [0.05, 0.1) is 5.69 Å². The molecule has 0 unspecified atom stereocenters. The predicted octanol–water partition coefficient (Wildman–Crippen LogP) is 1.26. The predicted molar refractivity (Wildman–Crippen MR) is 69.3 cm³/mol. The number of amides is 1. The lowest BCUT2D eigenvalue weighted by Gasteiger charge is -2.17. The molecule has 0 fully saturated rings. The standard InChI is InChI=1S/C13H15N3O2/c1-3-15(4-2)12-11(17)13(18)16(14-12)10-8-6-5-7-9-10/h5-9H,3-4H2,1-2H3. The maximum Gasteiger partial charge on any atom is 0.323 e. The summed E-state index contributed by atoms with van der Waals surface area (Å²) in [4.78, 5) is 25.6. The Morgan fingerprint density at radius 1 is 1.11 bits per heavy atom. The first-order valence-electron chi connectivity index (χ1n) is 5.96. The van der Waals surface area contributed by atoms with Crippen molar-refractivity contribution >= 4 is 23.2 Å². The molecule has 0 saturated heterocycles. The van der Waals surface area contributed by atoms with Gasteiger partial charge in [0.15, 0.2) is 0 Å². The molecule has 0 spiro atoms. The Morgan fingerprint density at radius 3 is 2.28 bits per heavy atom. The van der Waals surface area contributed by atoms with Crippen molar-refractivity contribution in [3.63, 3.8) is 0 Å². The van der Waals surface area contributed by atoms with Crippen molar-refractivity contribution in [1.82, 2.24) is 4.90 Å². The molecule has 0 N–H and O–H groups in total. The van der Waals surface area contributed by atoms with E-state index in [1.54, 1.807) is 29.2 Å². The molecule has 1 aliphatic heterocycles. The van der Waals surface area contributed by atoms with Gasteiger partial charge in [0, 0.05) is 13.1 Å². The molecule has 5 heteroatoms. The van der Waals surface area contributed by atoms with Crippen molar-refractivity contribution in [3.05, 3.63) is 30.3 Å². The summed E-state index contributed by atoms with van der Waals surface area (Å²) in [6.07, 6.45) is 0. The SMILES string of the molecule is CCN(CC)C1=NN(c2ccccc2)C(=O)C1=O. The number of anilines is 1. The summed E-state index contributed by atoms with van der Waals surface area (Å²) in [5.74, 6) is -0.903. The van der Waals surface area contributed by atoms with E-state index in [1.165, 1.54) is 0 Å². The minimum Gasteiger partial charge on any atom is -0.352 e. The fourth-order valence-corrected chi connectivity index (χ4v) is 1.85. The summed E-state index contributed by atoms with van der Waals surface area (Å²) in [6, 6.07) is 8.95. The number of hydrogen-bond donors (Lipinski definition) is 0. The van der Waals surface area contributed by atoms with Crippen LogP contribution in [0, 0.1) is 0 Å². The molecule has 1 amide bonds. The van der Waals surface area contributed by atoms with Crippen LogP contribution in [0.25, 0.3) is 0 Å². The Bertz CT molecular complexity index is 492. The third kappa shape index (κ3) is 1.99. The number of hydrazone groups is 1. The number of ketones is 1. The summed E-state index contributed by atoms with van der Waals surface area (Å²) < 4.78 is 0. The number of para-hydroxylation sites is 1. The molecule has 94 valence electrons. The summed E-state index contributed by atoms with van der Waals surface area (Å²) in [5, 5.41) is 5.30. The minimum atomic E-state index is -0.594. The van der Waals surface area contributed by atoms with E-state index in [-0.39, 0.29) is 5.84 Å². The fraction of sp³-hybridized carbons (Fsp3) is 0.308. The van der Waals surface area contributed by atoms with Crippen LogP contribution in [0.4, 0.5) is 5.69 Å². The van der Waals surface area contributed by atoms with E-state index >= 15 is 0 Å². The number of hydrogen-bond acceptors (Lipinski definition) is 4. The Balaban J connectivity index is 2.34. The number of likely N-dealkylation sites (N-methyl/N-ethyl adjacent to an activating group) is 1. The van der Waals surface area contributed by atoms with Crippen molar-refractivity contribution in [2.45, 2.75) is 13.8 Å². The van der Waals surface area contributed by atoms with Crippen LogP contribution >= 0.6 is 0 Å². The molecule has 0 bridgehead atoms. The highest BCUT2D eigenvalue weighted by Crippen LogP contribution is 2.19. The molecule has 5 nitrogen and oxygen atoms in total. The third-order valence-corrected chi connectivity index (χ3v) is 2.85. The summed E-state index contributed by atoms with van der Waals surface area (Å²) in [7, 11) is 0. The topological polar surface area (TPSA) is 53.0 Å². The minimum absolute atomic E-state index is 0.230. The first kappa shape index (κ1) is 12.3. The highest BCUT2D eigenvalue weighted by Gasteiger charge is 2.37. The van der Waals surface area contributed by atoms with Crippen molar-refractivity contribution < 1.29 is 9.59 Å². The van der Waals surface area contributed by atoms with Crippen LogP contribution in [-0.2, 0) is 9.59 Å². The van der Waals surface area contributed by atoms with Crippen LogP contribution in [0.5, 0.6) is 0 Å². The van der Waals surface area contributed by atoms with Gasteiger partial charge in [-0.05, 0) is 26.0 Å². The van der Waals surface area contributed by atoms with E-state index < -0.39 is 11.7 Å². The van der Waals surface area contributed by atoms with E-state index in [0.29, 0.717) is 18.8 Å². The molecule has 0 aromatic heterocycles. The molecule has 0 radical (unpaired) electrons. The van der Waals surface area contributed by atoms with Crippen molar-refractivity contribution in [3.8, 4) is 0 Å². The van der Waals surface area contributed by atoms with Crippen LogP contribution in [-0.4, -0.2) is 35.5 Å². The second-order valence-corrected chi connectivity index (χ2v) is 3.88. The number of rotatable bonds is 3. The van der Waals surface area contributed by atoms with E-state index in [0.717, 1.165) is 5.01 Å². The number of carbonyl (C=O) groups is 2. The number of amidine groups is 1. The second kappa shape index (κ2) is 5.00. The van der Waals surface area contributed by atoms with Gasteiger partial charge >= 0.3 is 5.91 Å². The molecule has 18 heavy (non-hydrogen) atoms. The Kier molecular flexibility index (Phi) is 3.41. The largest absolute Gasteiger partial charge is 0.352 e. The highest BCUT2D eigenvalue weighted by molar-refractivity contribution is 6.69. The van der Waals surface area contributed by atoms with Gasteiger partial charge in [-0.25, -0.2) is 0 Å². The maximum absolute atomic E-state index is 11.9. The van der Waals surface area contributed by atoms with Gasteiger partial charge in [-0.1, -0.05) is 18.2 Å². The number of nitrogens with zero attached hydrogens (tertiary/aromatic N) is 3. The van der Waals surface area contributed by atoms with E-state index in [4.69, 9.17) is 0 Å². The van der Waals surface area contributed by atoms with Crippen molar-refractivity contribution in [1.29, 1.82) is 0 Å². The normalized spacial score (nSPS) is 15.0. The zero-order valence-electron chi connectivity index (χ0n) is 10.5. The third-order valence-electron chi connectivity index (χ3n) is 2.85. The zero-order valence-corrected chi connectivity index (χ0v) is 10.5. The van der Waals surface area contributed by atoms with Crippen LogP contribution in [0.15, 0.2) is 35.4 Å². The van der Waals surface area contributed by atoms with Crippen LogP contribution in [0.1, 0.15) is 13.8 Å². The lowest BCUT2D eigenvalue weighted by molar-refractivity contribution is -0.131. The van der Waals surface area contributed by atoms with Gasteiger partial charge in [0.25, 0.3) is 5.78 Å². The Labute approximate surface area is 106 Å². The van der Waals surface area contributed by atoms with Crippen molar-refractivity contribution in [2.24, 2.45) is 5.10 Å². The molecular formula is C13H15N3O2. The summed E-state index contributed by atoms with van der Waals surface area (Å²) in [6.45, 7) is 5.15. The van der Waals surface area contributed by atoms with Gasteiger partial charge in [-0.15, -0.1) is 5.10 Å². The number of Topliss-reactive ketones (excluding diaryl/α,β-unsaturated/α-hetero) is 1. The van der Waals surface area contributed by atoms with E-state index in [9.17, 15) is 9.59 Å². The molecule has 1 aromatic rings. The molecule has 1 aliphatic rings. The first-order valence-corrected chi connectivity index (χ1v) is 5.96. The number of benzene rings is 1. The van der Waals surface area contributed by atoms with Gasteiger partial charge in [-0.3, -0.25) is 9.59 Å². The Morgan fingerprint density at radius 2 is 1.72 bits per heavy atom. The van der Waals surface area contributed by atoms with Gasteiger partial charge in [0.2, 0.25) is 5.84 Å². The summed E-state index contributed by atoms with van der Waals surface area (Å²) >= 11 is 0. The average molecular weight is 245 g/mol. The van der Waals surface area contributed by atoms with Crippen molar-refractivity contribution in [2.75, 3.05) is 18.1 Å². The number of carbonyl (C=O) groups excluding carboxylic acids is 2. The van der Waals surface area contributed by atoms with Gasteiger partial charge in [0.1, 0.15) is 0 Å². The molecule has 2 rings (SSSR count). The molecule has 0 atom stereocenters. The van der Waals surface area contributed by atoms with E-state index in [1.807, 2.05) is 19.9 Å². The molecular weight excluding hydrogens is 230 g/mol. The van der Waals surface area contributed by atoms with Crippen LogP contribution < -0.4 is 5.01 Å². The van der Waals surface area contributed by atoms with Gasteiger partial charge in [-0.2, -0.15) is 5.01 Å². The average Bonchev–Trinajstić information content (AvgIpc) is 2.70.